The minimum Gasteiger partial charge on any atom is -0.481 e. The van der Waals surface area contributed by atoms with Crippen LogP contribution in [0.2, 0.25) is 0 Å². The van der Waals surface area contributed by atoms with Crippen molar-refractivity contribution in [2.45, 2.75) is 39.2 Å². The number of nitrogens with zero attached hydrogens (tertiary/aromatic N) is 1. The molecule has 5 heteroatoms. The average molecular weight is 319 g/mol. The van der Waals surface area contributed by atoms with E-state index in [1.54, 1.807) is 4.90 Å². The van der Waals surface area contributed by atoms with Crippen LogP contribution in [0.4, 0.5) is 0 Å². The lowest BCUT2D eigenvalue weighted by Crippen LogP contribution is -2.46. The van der Waals surface area contributed by atoms with E-state index in [0.717, 1.165) is 11.3 Å². The number of carbonyl (C=O) groups is 2. The van der Waals surface area contributed by atoms with Gasteiger partial charge < -0.3 is 14.4 Å². The highest BCUT2D eigenvalue weighted by molar-refractivity contribution is 5.81. The Labute approximate surface area is 137 Å². The van der Waals surface area contributed by atoms with Crippen molar-refractivity contribution in [1.29, 1.82) is 0 Å². The summed E-state index contributed by atoms with van der Waals surface area (Å²) < 4.78 is 10.6. The molecule has 1 fully saturated rings. The quantitative estimate of drug-likeness (QED) is 0.783. The van der Waals surface area contributed by atoms with Gasteiger partial charge in [-0.1, -0.05) is 19.1 Å². The second-order valence-electron chi connectivity index (χ2n) is 5.95. The van der Waals surface area contributed by atoms with Crippen LogP contribution in [-0.4, -0.2) is 43.1 Å². The van der Waals surface area contributed by atoms with E-state index in [2.05, 4.69) is 0 Å². The summed E-state index contributed by atoms with van der Waals surface area (Å²) in [6.45, 7) is 5.09. The molecule has 5 nitrogen and oxygen atoms in total. The predicted octanol–water partition coefficient (Wildman–Crippen LogP) is 2.56. The van der Waals surface area contributed by atoms with Crippen LogP contribution in [0, 0.1) is 12.8 Å². The molecule has 23 heavy (non-hydrogen) atoms. The predicted molar refractivity (Wildman–Crippen MR) is 87.2 cm³/mol. The van der Waals surface area contributed by atoms with E-state index < -0.39 is 6.10 Å². The Balaban J connectivity index is 1.94. The first-order chi connectivity index (χ1) is 11.0. The Morgan fingerprint density at radius 3 is 2.57 bits per heavy atom. The molecule has 0 spiro atoms. The van der Waals surface area contributed by atoms with Gasteiger partial charge in [0, 0.05) is 13.1 Å². The van der Waals surface area contributed by atoms with Gasteiger partial charge in [-0.2, -0.15) is 0 Å². The van der Waals surface area contributed by atoms with E-state index in [0.29, 0.717) is 32.4 Å². The van der Waals surface area contributed by atoms with E-state index >= 15 is 0 Å². The second kappa shape index (κ2) is 7.99. The summed E-state index contributed by atoms with van der Waals surface area (Å²) in [5, 5.41) is 0. The molecule has 0 saturated carbocycles. The minimum absolute atomic E-state index is 0.00248. The lowest BCUT2D eigenvalue weighted by molar-refractivity contribution is -0.150. The van der Waals surface area contributed by atoms with Gasteiger partial charge in [-0.05, 0) is 43.9 Å². The van der Waals surface area contributed by atoms with Crippen molar-refractivity contribution >= 4 is 11.9 Å². The number of amides is 1. The minimum atomic E-state index is -0.480. The van der Waals surface area contributed by atoms with Gasteiger partial charge >= 0.3 is 5.97 Å². The average Bonchev–Trinajstić information content (AvgIpc) is 2.58. The topological polar surface area (TPSA) is 55.8 Å². The largest absolute Gasteiger partial charge is 0.481 e. The Kier molecular flexibility index (Phi) is 6.02. The molecule has 0 aromatic heterocycles. The third-order valence-corrected chi connectivity index (χ3v) is 4.26. The van der Waals surface area contributed by atoms with Crippen LogP contribution in [0.15, 0.2) is 24.3 Å². The van der Waals surface area contributed by atoms with Gasteiger partial charge in [0.15, 0.2) is 6.10 Å². The fraction of sp³-hybridized carbons (Fsp3) is 0.556. The normalized spacial score (nSPS) is 16.7. The molecule has 1 atom stereocenters. The highest BCUT2D eigenvalue weighted by Gasteiger charge is 2.31. The standard InChI is InChI=1S/C18H25NO4/c1-4-16(23-15-7-5-6-13(2)12-15)17(20)19-10-8-14(9-11-19)18(21)22-3/h5-7,12,14,16H,4,8-11H2,1-3H3/t16-/m0/s1. The van der Waals surface area contributed by atoms with Crippen molar-refractivity contribution < 1.29 is 19.1 Å². The van der Waals surface area contributed by atoms with E-state index in [1.807, 2.05) is 38.1 Å². The molecule has 0 unspecified atom stereocenters. The molecular formula is C18H25NO4. The zero-order chi connectivity index (χ0) is 16.8. The summed E-state index contributed by atoms with van der Waals surface area (Å²) in [5.41, 5.74) is 1.10. The molecule has 0 aliphatic carbocycles. The van der Waals surface area contributed by atoms with Crippen LogP contribution in [0.1, 0.15) is 31.7 Å². The van der Waals surface area contributed by atoms with Crippen molar-refractivity contribution in [2.75, 3.05) is 20.2 Å². The number of hydrogen-bond acceptors (Lipinski definition) is 4. The molecule has 0 N–H and O–H groups in total. The molecule has 0 bridgehead atoms. The first-order valence-electron chi connectivity index (χ1n) is 8.15. The smallest absolute Gasteiger partial charge is 0.308 e. The van der Waals surface area contributed by atoms with Crippen LogP contribution in [0.5, 0.6) is 5.75 Å². The number of benzene rings is 1. The number of piperidine rings is 1. The van der Waals surface area contributed by atoms with Gasteiger partial charge in [0.2, 0.25) is 0 Å². The fourth-order valence-corrected chi connectivity index (χ4v) is 2.87. The molecule has 1 heterocycles. The molecule has 1 amide bonds. The summed E-state index contributed by atoms with van der Waals surface area (Å²) in [4.78, 5) is 26.0. The molecule has 2 rings (SSSR count). The van der Waals surface area contributed by atoms with Crippen LogP contribution in [0.25, 0.3) is 0 Å². The lowest BCUT2D eigenvalue weighted by atomic mass is 9.96. The number of likely N-dealkylation sites (tertiary alicyclic amines) is 1. The number of methoxy groups -OCH3 is 1. The van der Waals surface area contributed by atoms with E-state index in [1.165, 1.54) is 7.11 Å². The molecule has 1 aliphatic rings. The van der Waals surface area contributed by atoms with E-state index in [9.17, 15) is 9.59 Å². The Bertz CT molecular complexity index is 550. The number of rotatable bonds is 5. The molecule has 1 aromatic carbocycles. The van der Waals surface area contributed by atoms with Gasteiger partial charge in [0.1, 0.15) is 5.75 Å². The van der Waals surface area contributed by atoms with Crippen molar-refractivity contribution in [3.05, 3.63) is 29.8 Å². The lowest BCUT2D eigenvalue weighted by Gasteiger charge is -2.33. The Morgan fingerprint density at radius 1 is 1.30 bits per heavy atom. The summed E-state index contributed by atoms with van der Waals surface area (Å²) in [6.07, 6.45) is 1.44. The molecule has 126 valence electrons. The molecular weight excluding hydrogens is 294 g/mol. The van der Waals surface area contributed by atoms with Crippen molar-refractivity contribution in [3.8, 4) is 5.75 Å². The first kappa shape index (κ1) is 17.3. The summed E-state index contributed by atoms with van der Waals surface area (Å²) in [7, 11) is 1.41. The van der Waals surface area contributed by atoms with Gasteiger partial charge in [-0.3, -0.25) is 9.59 Å². The molecule has 1 aromatic rings. The van der Waals surface area contributed by atoms with Crippen molar-refractivity contribution in [3.63, 3.8) is 0 Å². The number of carbonyl (C=O) groups excluding carboxylic acids is 2. The fourth-order valence-electron chi connectivity index (χ4n) is 2.87. The highest BCUT2D eigenvalue weighted by Crippen LogP contribution is 2.21. The maximum atomic E-state index is 12.6. The maximum Gasteiger partial charge on any atom is 0.308 e. The molecule has 1 saturated heterocycles. The Hall–Kier alpha value is -2.04. The van der Waals surface area contributed by atoms with E-state index in [-0.39, 0.29) is 17.8 Å². The van der Waals surface area contributed by atoms with Crippen molar-refractivity contribution in [1.82, 2.24) is 4.90 Å². The van der Waals surface area contributed by atoms with Crippen LogP contribution in [0.3, 0.4) is 0 Å². The number of esters is 1. The van der Waals surface area contributed by atoms with Crippen LogP contribution in [-0.2, 0) is 14.3 Å². The first-order valence-corrected chi connectivity index (χ1v) is 8.15. The Morgan fingerprint density at radius 2 is 2.00 bits per heavy atom. The van der Waals surface area contributed by atoms with Gasteiger partial charge in [-0.15, -0.1) is 0 Å². The van der Waals surface area contributed by atoms with Gasteiger partial charge in [0.05, 0.1) is 13.0 Å². The zero-order valence-electron chi connectivity index (χ0n) is 14.1. The third-order valence-electron chi connectivity index (χ3n) is 4.26. The summed E-state index contributed by atoms with van der Waals surface area (Å²) in [5.74, 6) is 0.439. The van der Waals surface area contributed by atoms with Gasteiger partial charge in [0.25, 0.3) is 5.91 Å². The summed E-state index contributed by atoms with van der Waals surface area (Å²) >= 11 is 0. The number of hydrogen-bond donors (Lipinski definition) is 0. The zero-order valence-corrected chi connectivity index (χ0v) is 14.1. The maximum absolute atomic E-state index is 12.6. The van der Waals surface area contributed by atoms with Crippen LogP contribution >= 0.6 is 0 Å². The number of ether oxygens (including phenoxy) is 2. The van der Waals surface area contributed by atoms with Gasteiger partial charge in [-0.25, -0.2) is 0 Å². The second-order valence-corrected chi connectivity index (χ2v) is 5.95. The molecule has 1 aliphatic heterocycles. The molecule has 0 radical (unpaired) electrons. The van der Waals surface area contributed by atoms with Crippen molar-refractivity contribution in [2.24, 2.45) is 5.92 Å². The third kappa shape index (κ3) is 4.47. The highest BCUT2D eigenvalue weighted by atomic mass is 16.5. The summed E-state index contributed by atoms with van der Waals surface area (Å²) in [6, 6.07) is 7.71. The van der Waals surface area contributed by atoms with E-state index in [4.69, 9.17) is 9.47 Å². The number of aryl methyl sites for hydroxylation is 1. The monoisotopic (exact) mass is 319 g/mol. The van der Waals surface area contributed by atoms with Crippen LogP contribution < -0.4 is 4.74 Å². The SMILES string of the molecule is CC[C@H](Oc1cccc(C)c1)C(=O)N1CCC(C(=O)OC)CC1.